The molecule has 0 bridgehead atoms. The van der Waals surface area contributed by atoms with Crippen LogP contribution in [-0.2, 0) is 6.54 Å². The molecule has 1 heterocycles. The Balaban J connectivity index is 2.33. The van der Waals surface area contributed by atoms with E-state index in [9.17, 15) is 0 Å². The molecular weight excluding hydrogens is 190 g/mol. The summed E-state index contributed by atoms with van der Waals surface area (Å²) in [5.74, 6) is 1.10. The molecule has 0 aliphatic carbocycles. The summed E-state index contributed by atoms with van der Waals surface area (Å²) in [5.41, 5.74) is 7.47. The molecule has 2 aromatic rings. The minimum absolute atomic E-state index is 0.532. The smallest absolute Gasteiger partial charge is 0.203 e. The van der Waals surface area contributed by atoms with Crippen LogP contribution >= 0.6 is 0 Å². The lowest BCUT2D eigenvalue weighted by molar-refractivity contribution is 0.816. The van der Waals surface area contributed by atoms with Gasteiger partial charge in [0.1, 0.15) is 0 Å². The lowest BCUT2D eigenvalue weighted by Crippen LogP contribution is -1.99. The van der Waals surface area contributed by atoms with Gasteiger partial charge in [-0.05, 0) is 12.5 Å². The first kappa shape index (κ1) is 9.67. The number of benzene rings is 1. The Morgan fingerprint density at radius 2 is 1.60 bits per heavy atom. The molecule has 2 N–H and O–H groups in total. The lowest BCUT2D eigenvalue weighted by Gasteiger charge is -1.99. The molecule has 5 heteroatoms. The first-order valence-corrected chi connectivity index (χ1v) is 4.63. The first-order valence-electron chi connectivity index (χ1n) is 4.63. The molecule has 0 saturated heterocycles. The van der Waals surface area contributed by atoms with E-state index in [1.807, 2.05) is 24.3 Å². The highest BCUT2D eigenvalue weighted by atomic mass is 15.3. The molecule has 1 aromatic heterocycles. The summed E-state index contributed by atoms with van der Waals surface area (Å²) in [4.78, 5) is 0. The van der Waals surface area contributed by atoms with E-state index in [0.29, 0.717) is 18.2 Å². The van der Waals surface area contributed by atoms with Gasteiger partial charge in [-0.3, -0.25) is 0 Å². The summed E-state index contributed by atoms with van der Waals surface area (Å²) in [6.07, 6.45) is 0. The highest BCUT2D eigenvalue weighted by molar-refractivity contribution is 5.53. The Kier molecular flexibility index (Phi) is 2.64. The topological polar surface area (TPSA) is 77.6 Å². The van der Waals surface area contributed by atoms with Crippen LogP contribution in [0.4, 0.5) is 0 Å². The van der Waals surface area contributed by atoms with Crippen LogP contribution in [0.1, 0.15) is 11.4 Å². The summed E-state index contributed by atoms with van der Waals surface area (Å²) >= 11 is 0. The molecule has 0 radical (unpaired) electrons. The Bertz CT molecular complexity index is 434. The van der Waals surface area contributed by atoms with Crippen molar-refractivity contribution in [2.75, 3.05) is 0 Å². The number of hydrogen-bond acceptors (Lipinski definition) is 5. The standard InChI is InChI=1S/C10H11N5/c1-7-12-14-10(15-13-7)9-4-2-8(6-11)3-5-9/h2-5H,6,11H2,1H3. The van der Waals surface area contributed by atoms with Crippen molar-refractivity contribution in [1.82, 2.24) is 20.4 Å². The molecule has 0 saturated carbocycles. The molecule has 0 aliphatic heterocycles. The van der Waals surface area contributed by atoms with Crippen molar-refractivity contribution in [3.63, 3.8) is 0 Å². The zero-order chi connectivity index (χ0) is 10.7. The number of rotatable bonds is 2. The molecular formula is C10H11N5. The van der Waals surface area contributed by atoms with Gasteiger partial charge in [-0.25, -0.2) is 0 Å². The predicted octanol–water partition coefficient (Wildman–Crippen LogP) is 0.701. The highest BCUT2D eigenvalue weighted by Crippen LogP contribution is 2.13. The van der Waals surface area contributed by atoms with Crippen molar-refractivity contribution < 1.29 is 0 Å². The van der Waals surface area contributed by atoms with E-state index in [1.165, 1.54) is 0 Å². The Morgan fingerprint density at radius 3 is 2.13 bits per heavy atom. The van der Waals surface area contributed by atoms with E-state index in [1.54, 1.807) is 6.92 Å². The van der Waals surface area contributed by atoms with Gasteiger partial charge in [-0.1, -0.05) is 24.3 Å². The SMILES string of the molecule is Cc1nnc(-c2ccc(CN)cc2)nn1. The van der Waals surface area contributed by atoms with E-state index in [2.05, 4.69) is 20.4 Å². The minimum atomic E-state index is 0.532. The maximum Gasteiger partial charge on any atom is 0.203 e. The predicted molar refractivity (Wildman–Crippen MR) is 55.7 cm³/mol. The summed E-state index contributed by atoms with van der Waals surface area (Å²) in [6.45, 7) is 2.28. The third-order valence-corrected chi connectivity index (χ3v) is 2.03. The Morgan fingerprint density at radius 1 is 1.00 bits per heavy atom. The van der Waals surface area contributed by atoms with Gasteiger partial charge in [-0.15, -0.1) is 20.4 Å². The van der Waals surface area contributed by atoms with Crippen LogP contribution < -0.4 is 5.73 Å². The first-order chi connectivity index (χ1) is 7.29. The molecule has 0 amide bonds. The van der Waals surface area contributed by atoms with Crippen molar-refractivity contribution >= 4 is 0 Å². The summed E-state index contributed by atoms with van der Waals surface area (Å²) in [5, 5.41) is 15.6. The van der Waals surface area contributed by atoms with E-state index < -0.39 is 0 Å². The van der Waals surface area contributed by atoms with Gasteiger partial charge in [0.2, 0.25) is 5.82 Å². The average molecular weight is 201 g/mol. The van der Waals surface area contributed by atoms with Gasteiger partial charge in [0.15, 0.2) is 5.82 Å². The average Bonchev–Trinajstić information content (AvgIpc) is 2.30. The maximum absolute atomic E-state index is 5.50. The molecule has 15 heavy (non-hydrogen) atoms. The van der Waals surface area contributed by atoms with Gasteiger partial charge in [0, 0.05) is 12.1 Å². The van der Waals surface area contributed by atoms with Gasteiger partial charge < -0.3 is 5.73 Å². The third-order valence-electron chi connectivity index (χ3n) is 2.03. The molecule has 0 atom stereocenters. The Labute approximate surface area is 87.4 Å². The Hall–Kier alpha value is -1.88. The van der Waals surface area contributed by atoms with E-state index >= 15 is 0 Å². The number of aromatic nitrogens is 4. The lowest BCUT2D eigenvalue weighted by atomic mass is 10.1. The molecule has 0 spiro atoms. The normalized spacial score (nSPS) is 10.3. The maximum atomic E-state index is 5.50. The molecule has 2 rings (SSSR count). The van der Waals surface area contributed by atoms with E-state index in [4.69, 9.17) is 5.73 Å². The van der Waals surface area contributed by atoms with Crippen LogP contribution in [0.5, 0.6) is 0 Å². The van der Waals surface area contributed by atoms with Crippen molar-refractivity contribution in [2.24, 2.45) is 5.73 Å². The van der Waals surface area contributed by atoms with E-state index in [0.717, 1.165) is 11.1 Å². The largest absolute Gasteiger partial charge is 0.326 e. The van der Waals surface area contributed by atoms with E-state index in [-0.39, 0.29) is 0 Å². The fraction of sp³-hybridized carbons (Fsp3) is 0.200. The summed E-state index contributed by atoms with van der Waals surface area (Å²) < 4.78 is 0. The van der Waals surface area contributed by atoms with Crippen molar-refractivity contribution in [1.29, 1.82) is 0 Å². The quantitative estimate of drug-likeness (QED) is 0.773. The van der Waals surface area contributed by atoms with Crippen LogP contribution in [0.2, 0.25) is 0 Å². The van der Waals surface area contributed by atoms with Gasteiger partial charge in [-0.2, -0.15) is 0 Å². The number of hydrogen-bond donors (Lipinski definition) is 1. The van der Waals surface area contributed by atoms with Gasteiger partial charge in [0.25, 0.3) is 0 Å². The van der Waals surface area contributed by atoms with Crippen molar-refractivity contribution in [2.45, 2.75) is 13.5 Å². The zero-order valence-corrected chi connectivity index (χ0v) is 8.38. The molecule has 0 aliphatic rings. The van der Waals surface area contributed by atoms with Crippen LogP contribution in [-0.4, -0.2) is 20.4 Å². The van der Waals surface area contributed by atoms with Crippen molar-refractivity contribution in [3.8, 4) is 11.4 Å². The van der Waals surface area contributed by atoms with Crippen LogP contribution in [0.15, 0.2) is 24.3 Å². The van der Waals surface area contributed by atoms with Gasteiger partial charge in [0.05, 0.1) is 0 Å². The van der Waals surface area contributed by atoms with Crippen molar-refractivity contribution in [3.05, 3.63) is 35.7 Å². The second kappa shape index (κ2) is 4.10. The van der Waals surface area contributed by atoms with Crippen LogP contribution in [0.25, 0.3) is 11.4 Å². The number of aryl methyl sites for hydroxylation is 1. The summed E-state index contributed by atoms with van der Waals surface area (Å²) in [7, 11) is 0. The fourth-order valence-corrected chi connectivity index (χ4v) is 1.18. The minimum Gasteiger partial charge on any atom is -0.326 e. The number of nitrogens with two attached hydrogens (primary N) is 1. The molecule has 0 unspecified atom stereocenters. The fourth-order valence-electron chi connectivity index (χ4n) is 1.18. The number of nitrogens with zero attached hydrogens (tertiary/aromatic N) is 4. The molecule has 1 aromatic carbocycles. The second-order valence-electron chi connectivity index (χ2n) is 3.17. The molecule has 0 fully saturated rings. The van der Waals surface area contributed by atoms with Gasteiger partial charge >= 0.3 is 0 Å². The molecule has 76 valence electrons. The summed E-state index contributed by atoms with van der Waals surface area (Å²) in [6, 6.07) is 7.71. The second-order valence-corrected chi connectivity index (χ2v) is 3.17. The highest BCUT2D eigenvalue weighted by Gasteiger charge is 2.01. The molecule has 5 nitrogen and oxygen atoms in total. The zero-order valence-electron chi connectivity index (χ0n) is 8.38. The third kappa shape index (κ3) is 2.13. The van der Waals surface area contributed by atoms with Crippen LogP contribution in [0, 0.1) is 6.92 Å². The van der Waals surface area contributed by atoms with Crippen LogP contribution in [0.3, 0.4) is 0 Å². The monoisotopic (exact) mass is 201 g/mol.